The first-order chi connectivity index (χ1) is 8.33. The molecule has 98 valence electrons. The Labute approximate surface area is 100.0 Å². The largest absolute Gasteiger partial charge is 0.542 e. The van der Waals surface area contributed by atoms with Crippen molar-refractivity contribution in [1.29, 1.82) is 0 Å². The van der Waals surface area contributed by atoms with Gasteiger partial charge in [0, 0.05) is 13.0 Å². The first-order valence-electron chi connectivity index (χ1n) is 6.10. The van der Waals surface area contributed by atoms with Crippen molar-refractivity contribution < 1.29 is 14.0 Å². The number of nitrogens with zero attached hydrogens (tertiary/aromatic N) is 1. The first kappa shape index (κ1) is 13.9. The fourth-order valence-electron chi connectivity index (χ4n) is 1.53. The monoisotopic (exact) mass is 244 g/mol. The van der Waals surface area contributed by atoms with E-state index in [9.17, 15) is 4.79 Å². The van der Waals surface area contributed by atoms with E-state index in [0.29, 0.717) is 12.3 Å². The molecule has 1 aromatic rings. The van der Waals surface area contributed by atoms with Crippen LogP contribution in [0.1, 0.15) is 38.0 Å². The Balaban J connectivity index is 1.86. The van der Waals surface area contributed by atoms with Gasteiger partial charge in [-0.2, -0.15) is 0 Å². The van der Waals surface area contributed by atoms with Crippen LogP contribution in [0.5, 0.6) is 0 Å². The maximum atomic E-state index is 10.5. The summed E-state index contributed by atoms with van der Waals surface area (Å²) in [6, 6.07) is 0. The molecule has 6 nitrogen and oxygen atoms in total. The minimum atomic E-state index is -0.729. The van der Waals surface area contributed by atoms with Crippen molar-refractivity contribution in [1.82, 2.24) is 10.5 Å². The van der Waals surface area contributed by atoms with Crippen LogP contribution in [-0.2, 0) is 6.42 Å². The van der Waals surface area contributed by atoms with Crippen LogP contribution in [0.2, 0.25) is 0 Å². The van der Waals surface area contributed by atoms with Crippen LogP contribution in [-0.4, -0.2) is 30.0 Å². The molecule has 0 radical (unpaired) electrons. The van der Waals surface area contributed by atoms with Crippen molar-refractivity contribution >= 4 is 0 Å². The summed E-state index contributed by atoms with van der Waals surface area (Å²) >= 11 is 0. The second-order valence-corrected chi connectivity index (χ2v) is 3.92. The Morgan fingerprint density at radius 3 is 2.59 bits per heavy atom. The number of unbranched alkanes of at least 4 members (excludes halogenated alkanes) is 3. The maximum absolute atomic E-state index is 10.5. The number of aliphatic hydroxyl groups is 1. The molecule has 0 atom stereocenters. The maximum Gasteiger partial charge on any atom is 0.542 e. The standard InChI is InChI=1S/C11H20N2O4/c14-9-5-8-12-7-4-2-1-3-6-10-13-17-11(15)16-10/h12,14H,1-9H2. The zero-order valence-electron chi connectivity index (χ0n) is 9.98. The topological polar surface area (TPSA) is 88.5 Å². The molecule has 2 N–H and O–H groups in total. The third-order valence-electron chi connectivity index (χ3n) is 2.43. The predicted molar refractivity (Wildman–Crippen MR) is 61.8 cm³/mol. The normalized spacial score (nSPS) is 10.9. The quantitative estimate of drug-likeness (QED) is 0.589. The lowest BCUT2D eigenvalue weighted by Crippen LogP contribution is -2.17. The Morgan fingerprint density at radius 1 is 1.12 bits per heavy atom. The molecule has 1 rings (SSSR count). The molecule has 0 aliphatic carbocycles. The first-order valence-corrected chi connectivity index (χ1v) is 6.10. The highest BCUT2D eigenvalue weighted by Crippen LogP contribution is 2.04. The van der Waals surface area contributed by atoms with Gasteiger partial charge in [0.15, 0.2) is 0 Å². The van der Waals surface area contributed by atoms with Gasteiger partial charge in [0.1, 0.15) is 0 Å². The second-order valence-electron chi connectivity index (χ2n) is 3.92. The summed E-state index contributed by atoms with van der Waals surface area (Å²) in [4.78, 5) is 10.5. The molecule has 0 bridgehead atoms. The van der Waals surface area contributed by atoms with E-state index < -0.39 is 5.82 Å². The Hall–Kier alpha value is -1.14. The van der Waals surface area contributed by atoms with Gasteiger partial charge in [-0.3, -0.25) is 4.52 Å². The number of rotatable bonds is 10. The van der Waals surface area contributed by atoms with Crippen molar-refractivity contribution in [2.75, 3.05) is 19.7 Å². The fraction of sp³-hybridized carbons (Fsp3) is 0.818. The highest BCUT2D eigenvalue weighted by Gasteiger charge is 2.02. The molecule has 0 unspecified atom stereocenters. The molecule has 17 heavy (non-hydrogen) atoms. The second kappa shape index (κ2) is 8.95. The average Bonchev–Trinajstić information content (AvgIpc) is 2.73. The molecule has 0 saturated carbocycles. The molecule has 6 heteroatoms. The van der Waals surface area contributed by atoms with E-state index in [2.05, 4.69) is 19.4 Å². The van der Waals surface area contributed by atoms with Crippen LogP contribution in [0.15, 0.2) is 13.7 Å². The number of aromatic nitrogens is 1. The lowest BCUT2D eigenvalue weighted by atomic mass is 10.1. The summed E-state index contributed by atoms with van der Waals surface area (Å²) in [5, 5.41) is 15.3. The molecule has 0 aliphatic heterocycles. The Kier molecular flexibility index (Phi) is 7.33. The number of hydrogen-bond acceptors (Lipinski definition) is 6. The summed E-state index contributed by atoms with van der Waals surface area (Å²) < 4.78 is 8.98. The smallest absolute Gasteiger partial charge is 0.396 e. The molecular weight excluding hydrogens is 224 g/mol. The minimum Gasteiger partial charge on any atom is -0.396 e. The van der Waals surface area contributed by atoms with E-state index in [1.165, 1.54) is 0 Å². The molecule has 0 aliphatic rings. The van der Waals surface area contributed by atoms with Crippen LogP contribution in [0.3, 0.4) is 0 Å². The summed E-state index contributed by atoms with van der Waals surface area (Å²) in [6.45, 7) is 2.11. The van der Waals surface area contributed by atoms with Crippen LogP contribution in [0.25, 0.3) is 0 Å². The molecule has 1 heterocycles. The number of aliphatic hydroxyl groups excluding tert-OH is 1. The number of nitrogens with one attached hydrogen (secondary N) is 1. The van der Waals surface area contributed by atoms with Gasteiger partial charge >= 0.3 is 5.82 Å². The molecule has 0 amide bonds. The Morgan fingerprint density at radius 2 is 1.88 bits per heavy atom. The fourth-order valence-corrected chi connectivity index (χ4v) is 1.53. The van der Waals surface area contributed by atoms with E-state index in [0.717, 1.165) is 45.2 Å². The van der Waals surface area contributed by atoms with E-state index in [1.54, 1.807) is 0 Å². The van der Waals surface area contributed by atoms with Crippen molar-refractivity contribution in [2.24, 2.45) is 0 Å². The van der Waals surface area contributed by atoms with Crippen LogP contribution in [0.4, 0.5) is 0 Å². The van der Waals surface area contributed by atoms with Crippen molar-refractivity contribution in [3.8, 4) is 0 Å². The molecular formula is C11H20N2O4. The molecule has 0 spiro atoms. The van der Waals surface area contributed by atoms with Crippen molar-refractivity contribution in [2.45, 2.75) is 38.5 Å². The lowest BCUT2D eigenvalue weighted by molar-refractivity contribution is 0.286. The molecule has 1 aromatic heterocycles. The van der Waals surface area contributed by atoms with Crippen molar-refractivity contribution in [3.05, 3.63) is 16.5 Å². The van der Waals surface area contributed by atoms with E-state index in [-0.39, 0.29) is 6.61 Å². The zero-order chi connectivity index (χ0) is 12.3. The van der Waals surface area contributed by atoms with Gasteiger partial charge in [0.25, 0.3) is 0 Å². The van der Waals surface area contributed by atoms with Gasteiger partial charge in [-0.05, 0) is 37.5 Å². The van der Waals surface area contributed by atoms with Gasteiger partial charge in [-0.1, -0.05) is 12.8 Å². The van der Waals surface area contributed by atoms with Gasteiger partial charge in [0.2, 0.25) is 5.89 Å². The average molecular weight is 244 g/mol. The number of hydrogen-bond donors (Lipinski definition) is 2. The van der Waals surface area contributed by atoms with Crippen LogP contribution in [0, 0.1) is 0 Å². The van der Waals surface area contributed by atoms with Gasteiger partial charge in [-0.25, -0.2) is 4.79 Å². The van der Waals surface area contributed by atoms with E-state index in [4.69, 9.17) is 5.11 Å². The Bertz CT molecular complexity index is 334. The number of aryl methyl sites for hydroxylation is 1. The van der Waals surface area contributed by atoms with Crippen LogP contribution >= 0.6 is 0 Å². The van der Waals surface area contributed by atoms with Crippen LogP contribution < -0.4 is 11.1 Å². The molecule has 0 saturated heterocycles. The van der Waals surface area contributed by atoms with Gasteiger partial charge < -0.3 is 14.8 Å². The summed E-state index contributed by atoms with van der Waals surface area (Å²) in [5.74, 6) is -0.343. The highest BCUT2D eigenvalue weighted by atomic mass is 16.6. The van der Waals surface area contributed by atoms with Gasteiger partial charge in [0.05, 0.1) is 0 Å². The van der Waals surface area contributed by atoms with E-state index >= 15 is 0 Å². The minimum absolute atomic E-state index is 0.246. The molecule has 0 fully saturated rings. The zero-order valence-corrected chi connectivity index (χ0v) is 9.98. The van der Waals surface area contributed by atoms with Crippen molar-refractivity contribution in [3.63, 3.8) is 0 Å². The lowest BCUT2D eigenvalue weighted by Gasteiger charge is -2.02. The third-order valence-corrected chi connectivity index (χ3v) is 2.43. The van der Waals surface area contributed by atoms with E-state index in [1.807, 2.05) is 0 Å². The summed E-state index contributed by atoms with van der Waals surface area (Å²) in [7, 11) is 0. The summed E-state index contributed by atoms with van der Waals surface area (Å²) in [6.07, 6.45) is 5.75. The predicted octanol–water partition coefficient (Wildman–Crippen LogP) is 0.703. The molecule has 0 aromatic carbocycles. The van der Waals surface area contributed by atoms with Gasteiger partial charge in [-0.15, -0.1) is 0 Å². The summed E-state index contributed by atoms with van der Waals surface area (Å²) in [5.41, 5.74) is 0. The third kappa shape index (κ3) is 6.91. The SMILES string of the molecule is O=c1onc(CCCCCCNCCCO)o1. The highest BCUT2D eigenvalue weighted by molar-refractivity contribution is 4.70.